The molecule has 1 saturated carbocycles. The minimum Gasteiger partial charge on any atom is -0.459 e. The molecule has 60 heavy (non-hydrogen) atoms. The third-order valence-corrected chi connectivity index (χ3v) is 12.1. The van der Waals surface area contributed by atoms with Gasteiger partial charge in [-0.05, 0) is 131 Å². The summed E-state index contributed by atoms with van der Waals surface area (Å²) in [5.41, 5.74) is 5.38. The number of amides is 1. The van der Waals surface area contributed by atoms with E-state index < -0.39 is 29.4 Å². The van der Waals surface area contributed by atoms with E-state index in [0.717, 1.165) is 59.4 Å². The van der Waals surface area contributed by atoms with Crippen LogP contribution in [0.15, 0.2) is 96.2 Å². The van der Waals surface area contributed by atoms with Crippen molar-refractivity contribution in [2.24, 2.45) is 22.9 Å². The van der Waals surface area contributed by atoms with E-state index in [1.165, 1.54) is 5.56 Å². The van der Waals surface area contributed by atoms with Crippen molar-refractivity contribution in [3.63, 3.8) is 0 Å². The maximum atomic E-state index is 14.5. The Bertz CT molecular complexity index is 1970. The number of fused-ring (bicyclic) bond motifs is 2. The Morgan fingerprint density at radius 3 is 2.37 bits per heavy atom. The Kier molecular flexibility index (Phi) is 15.2. The number of benzene rings is 3. The van der Waals surface area contributed by atoms with E-state index in [2.05, 4.69) is 44.7 Å². The fourth-order valence-corrected chi connectivity index (χ4v) is 9.23. The minimum atomic E-state index is -1.37. The molecule has 6 atom stereocenters. The summed E-state index contributed by atoms with van der Waals surface area (Å²) in [6, 6.07) is 21.2. The van der Waals surface area contributed by atoms with Crippen LogP contribution in [-0.4, -0.2) is 70.7 Å². The lowest BCUT2D eigenvalue weighted by Crippen LogP contribution is -2.70. The zero-order valence-electron chi connectivity index (χ0n) is 36.5. The molecule has 1 heterocycles. The molecule has 6 rings (SSSR count). The topological polar surface area (TPSA) is 119 Å². The van der Waals surface area contributed by atoms with Crippen LogP contribution in [-0.2, 0) is 20.9 Å². The molecule has 3 aliphatic rings. The molecule has 2 aliphatic carbocycles. The summed E-state index contributed by atoms with van der Waals surface area (Å²) in [6.07, 6.45) is 9.33. The van der Waals surface area contributed by atoms with Crippen LogP contribution < -0.4 is 9.47 Å². The number of unbranched alkanes of at least 4 members (excludes halogenated alkanes) is 2. The van der Waals surface area contributed by atoms with Gasteiger partial charge in [0.2, 0.25) is 5.79 Å². The number of allylic oxidation sites excluding steroid dienone is 1. The fraction of sp³-hybridized carbons (Fsp3) is 0.520. The van der Waals surface area contributed by atoms with Crippen molar-refractivity contribution in [1.29, 1.82) is 0 Å². The van der Waals surface area contributed by atoms with Crippen molar-refractivity contribution in [2.75, 3.05) is 26.4 Å². The zero-order chi connectivity index (χ0) is 42.9. The van der Waals surface area contributed by atoms with Crippen molar-refractivity contribution in [3.05, 3.63) is 113 Å². The second-order valence-corrected chi connectivity index (χ2v) is 17.6. The Morgan fingerprint density at radius 1 is 0.967 bits per heavy atom. The van der Waals surface area contributed by atoms with Crippen LogP contribution in [0, 0.1) is 31.6 Å². The van der Waals surface area contributed by atoms with Gasteiger partial charge in [0.15, 0.2) is 0 Å². The summed E-state index contributed by atoms with van der Waals surface area (Å²) in [4.78, 5) is 22.6. The third kappa shape index (κ3) is 10.3. The summed E-state index contributed by atoms with van der Waals surface area (Å²) in [6.45, 7) is 17.1. The fourth-order valence-electron chi connectivity index (χ4n) is 9.23. The van der Waals surface area contributed by atoms with Crippen LogP contribution in [0.5, 0.6) is 17.2 Å². The second-order valence-electron chi connectivity index (χ2n) is 17.6. The maximum Gasteiger partial charge on any atom is 0.410 e. The summed E-state index contributed by atoms with van der Waals surface area (Å²) in [5.74, 6) is 0.322. The summed E-state index contributed by atoms with van der Waals surface area (Å²) >= 11 is 0. The molecule has 1 amide bonds. The third-order valence-electron chi connectivity index (χ3n) is 12.1. The Labute approximate surface area is 357 Å². The molecule has 0 radical (unpaired) electrons. The Balaban J connectivity index is 1.57. The normalized spacial score (nSPS) is 23.8. The molecule has 1 aliphatic heterocycles. The van der Waals surface area contributed by atoms with E-state index in [4.69, 9.17) is 28.9 Å². The molecule has 6 unspecified atom stereocenters. The van der Waals surface area contributed by atoms with Crippen LogP contribution in [0.25, 0.3) is 0 Å². The van der Waals surface area contributed by atoms with Crippen LogP contribution in [0.1, 0.15) is 107 Å². The molecule has 10 heteroatoms. The van der Waals surface area contributed by atoms with Gasteiger partial charge in [-0.25, -0.2) is 4.79 Å². The zero-order valence-corrected chi connectivity index (χ0v) is 36.5. The van der Waals surface area contributed by atoms with Gasteiger partial charge in [-0.1, -0.05) is 73.5 Å². The molecule has 324 valence electrons. The van der Waals surface area contributed by atoms with E-state index in [9.17, 15) is 15.0 Å². The molecule has 1 fully saturated rings. The van der Waals surface area contributed by atoms with Gasteiger partial charge in [-0.2, -0.15) is 0 Å². The van der Waals surface area contributed by atoms with Crippen LogP contribution in [0.3, 0.4) is 0 Å². The molecule has 3 aromatic rings. The van der Waals surface area contributed by atoms with E-state index >= 15 is 0 Å². The van der Waals surface area contributed by atoms with E-state index in [1.807, 2.05) is 76.2 Å². The van der Waals surface area contributed by atoms with E-state index in [-0.39, 0.29) is 44.2 Å². The molecule has 0 aromatic heterocycles. The lowest BCUT2D eigenvalue weighted by Gasteiger charge is -2.60. The minimum absolute atomic E-state index is 0.0865. The number of rotatable bonds is 19. The number of hydrogen-bond acceptors (Lipinski definition) is 9. The molecule has 0 saturated heterocycles. The molecule has 0 bridgehead atoms. The van der Waals surface area contributed by atoms with Crippen molar-refractivity contribution in [2.45, 2.75) is 123 Å². The first-order chi connectivity index (χ1) is 28.9. The number of carbonyl (C=O) groups excluding carboxylic acids is 1. The van der Waals surface area contributed by atoms with Crippen LogP contribution in [0.4, 0.5) is 4.79 Å². The van der Waals surface area contributed by atoms with Gasteiger partial charge < -0.3 is 34.0 Å². The van der Waals surface area contributed by atoms with Crippen LogP contribution >= 0.6 is 0 Å². The van der Waals surface area contributed by atoms with Gasteiger partial charge in [0, 0.05) is 37.7 Å². The number of ether oxygens (including phenoxy) is 4. The number of aliphatic hydroxyl groups excluding tert-OH is 2. The number of aryl methyl sites for hydroxylation is 2. The lowest BCUT2D eigenvalue weighted by atomic mass is 9.55. The standard InChI is InChI=1S/C50H66N2O8/c1-8-25-52(48(55)56-33-36-17-11-10-12-18-36)45-32-43(51-60-49(5,6)7)41-30-37(19-13-15-26-53)40(20-14-16-27-54)46-42-31-39(58-38-22-21-34(3)35(4)29-38)23-24-44(42)59-50(45,47(41)46)57-28-9-2/h9-12,17-18,21-24,29-31,37,40,45-47,53-54H,2,8,13-16,19-20,25-28,32-33H2,1,3-7H3. The molecule has 2 N–H and O–H groups in total. The number of nitrogens with zero attached hydrogens (tertiary/aromatic N) is 2. The summed E-state index contributed by atoms with van der Waals surface area (Å²) in [5, 5.41) is 24.8. The summed E-state index contributed by atoms with van der Waals surface area (Å²) in [7, 11) is 0. The predicted octanol–water partition coefficient (Wildman–Crippen LogP) is 10.6. The summed E-state index contributed by atoms with van der Waals surface area (Å²) < 4.78 is 27.1. The average molecular weight is 823 g/mol. The highest BCUT2D eigenvalue weighted by Gasteiger charge is 2.65. The van der Waals surface area contributed by atoms with E-state index in [1.54, 1.807) is 11.0 Å². The van der Waals surface area contributed by atoms with Gasteiger partial charge in [-0.3, -0.25) is 4.90 Å². The quantitative estimate of drug-likeness (QED) is 0.0697. The predicted molar refractivity (Wildman–Crippen MR) is 235 cm³/mol. The highest BCUT2D eigenvalue weighted by atomic mass is 16.7. The monoisotopic (exact) mass is 822 g/mol. The molecule has 10 nitrogen and oxygen atoms in total. The first-order valence-corrected chi connectivity index (χ1v) is 21.9. The highest BCUT2D eigenvalue weighted by molar-refractivity contribution is 6.03. The largest absolute Gasteiger partial charge is 0.459 e. The second kappa shape index (κ2) is 20.3. The smallest absolute Gasteiger partial charge is 0.410 e. The van der Waals surface area contributed by atoms with Crippen LogP contribution in [0.2, 0.25) is 0 Å². The van der Waals surface area contributed by atoms with Gasteiger partial charge in [-0.15, -0.1) is 6.58 Å². The number of hydrogen-bond donors (Lipinski definition) is 2. The molecule has 3 aromatic carbocycles. The molecular weight excluding hydrogens is 757 g/mol. The van der Waals surface area contributed by atoms with Crippen molar-refractivity contribution in [1.82, 2.24) is 4.90 Å². The van der Waals surface area contributed by atoms with Gasteiger partial charge >= 0.3 is 6.09 Å². The average Bonchev–Trinajstić information content (AvgIpc) is 3.23. The number of aliphatic hydroxyl groups is 2. The number of oxime groups is 1. The highest BCUT2D eigenvalue weighted by Crippen LogP contribution is 2.62. The lowest BCUT2D eigenvalue weighted by molar-refractivity contribution is -0.255. The SMILES string of the molecule is C=CCOC12Oc3ccc(Oc4ccc(C)c(C)c4)cc3C3C(CCCCO)C(CCCCO)C=C(C(=NOC(C)(C)C)CC1N(CCC)C(=O)OCc1ccccc1)C32. The molecule has 0 spiro atoms. The van der Waals surface area contributed by atoms with Gasteiger partial charge in [0.1, 0.15) is 35.5 Å². The first-order valence-electron chi connectivity index (χ1n) is 21.9. The Morgan fingerprint density at radius 2 is 1.68 bits per heavy atom. The maximum absolute atomic E-state index is 14.5. The Hall–Kier alpha value is -4.64. The van der Waals surface area contributed by atoms with Crippen molar-refractivity contribution in [3.8, 4) is 17.2 Å². The van der Waals surface area contributed by atoms with Gasteiger partial charge in [0.25, 0.3) is 0 Å². The van der Waals surface area contributed by atoms with E-state index in [0.29, 0.717) is 43.7 Å². The molecular formula is C50H66N2O8. The van der Waals surface area contributed by atoms with Gasteiger partial charge in [0.05, 0.1) is 18.2 Å². The van der Waals surface area contributed by atoms with Crippen molar-refractivity contribution >= 4 is 11.8 Å². The van der Waals surface area contributed by atoms with Crippen molar-refractivity contribution < 1.29 is 38.8 Å². The first kappa shape index (κ1) is 44.9. The number of carbonyl (C=O) groups is 1.